The molecular weight excluding hydrogens is 440 g/mol. The second-order valence-corrected chi connectivity index (χ2v) is 9.84. The molecule has 1 heterocycles. The predicted octanol–water partition coefficient (Wildman–Crippen LogP) is 4.76. The number of amides is 1. The van der Waals surface area contributed by atoms with Gasteiger partial charge >= 0.3 is 4.87 Å². The van der Waals surface area contributed by atoms with Crippen molar-refractivity contribution in [3.63, 3.8) is 0 Å². The molecule has 1 aromatic heterocycles. The first kappa shape index (κ1) is 24.8. The van der Waals surface area contributed by atoms with Gasteiger partial charge in [-0.2, -0.15) is 0 Å². The number of phenols is 2. The molecule has 0 aliphatic heterocycles. The van der Waals surface area contributed by atoms with Crippen molar-refractivity contribution in [2.45, 2.75) is 52.9 Å². The fourth-order valence-electron chi connectivity index (χ4n) is 3.72. The van der Waals surface area contributed by atoms with Gasteiger partial charge in [0.05, 0.1) is 17.9 Å². The summed E-state index contributed by atoms with van der Waals surface area (Å²) in [5.74, 6) is 0.172. The summed E-state index contributed by atoms with van der Waals surface area (Å²) in [5, 5.41) is 20.9. The van der Waals surface area contributed by atoms with Crippen LogP contribution >= 0.6 is 11.3 Å². The Morgan fingerprint density at radius 1 is 1.12 bits per heavy atom. The van der Waals surface area contributed by atoms with E-state index in [9.17, 15) is 19.8 Å². The number of unbranched alkanes of at least 4 members (excludes halogenated alkanes) is 1. The number of carbonyl (C=O) groups is 1. The average molecular weight is 473 g/mol. The number of hydrogen-bond acceptors (Lipinski definition) is 6. The third-order valence-corrected chi connectivity index (χ3v) is 6.72. The smallest absolute Gasteiger partial charge is 0.305 e. The molecule has 3 N–H and O–H groups in total. The topological polar surface area (TPSA) is 103 Å². The maximum atomic E-state index is 13.4. The van der Waals surface area contributed by atoms with Gasteiger partial charge < -0.3 is 15.2 Å². The number of nitrogens with zero attached hydrogens (tertiary/aromatic N) is 1. The lowest BCUT2D eigenvalue weighted by molar-refractivity contribution is -0.196. The predicted molar refractivity (Wildman–Crippen MR) is 131 cm³/mol. The van der Waals surface area contributed by atoms with Crippen molar-refractivity contribution in [1.82, 2.24) is 10.0 Å². The van der Waals surface area contributed by atoms with Crippen LogP contribution in [0.1, 0.15) is 51.2 Å². The lowest BCUT2D eigenvalue weighted by Crippen LogP contribution is -2.42. The van der Waals surface area contributed by atoms with E-state index in [-0.39, 0.29) is 22.3 Å². The highest BCUT2D eigenvalue weighted by Gasteiger charge is 2.32. The van der Waals surface area contributed by atoms with Crippen LogP contribution in [-0.2, 0) is 22.5 Å². The molecule has 0 fully saturated rings. The summed E-state index contributed by atoms with van der Waals surface area (Å²) in [5.41, 5.74) is 1.75. The van der Waals surface area contributed by atoms with Gasteiger partial charge in [0.25, 0.3) is 5.91 Å². The molecule has 7 nitrogen and oxygen atoms in total. The Hall–Kier alpha value is -2.84. The van der Waals surface area contributed by atoms with Crippen LogP contribution in [0.4, 0.5) is 0 Å². The van der Waals surface area contributed by atoms with E-state index in [1.54, 1.807) is 24.3 Å². The molecule has 0 radical (unpaired) electrons. The number of nitrogens with one attached hydrogen (secondary N) is 1. The van der Waals surface area contributed by atoms with Crippen LogP contribution in [0, 0.1) is 5.41 Å². The molecule has 0 atom stereocenters. The summed E-state index contributed by atoms with van der Waals surface area (Å²) in [6.07, 6.45) is 3.82. The number of benzene rings is 2. The SMILES string of the molecule is CCCCC(C)(C)C(=O)N(CCc1ccc(O)c2[nH]c(=O)sc12)OCCc1ccc(O)cc1. The fourth-order valence-corrected chi connectivity index (χ4v) is 4.61. The Labute approximate surface area is 197 Å². The minimum absolute atomic E-state index is 0.0332. The Balaban J connectivity index is 1.74. The fraction of sp³-hybridized carbons (Fsp3) is 0.440. The number of hydroxylamine groups is 2. The van der Waals surface area contributed by atoms with Gasteiger partial charge in [0.2, 0.25) is 0 Å². The van der Waals surface area contributed by atoms with E-state index < -0.39 is 5.41 Å². The number of H-pyrrole nitrogens is 1. The monoisotopic (exact) mass is 472 g/mol. The zero-order valence-corrected chi connectivity index (χ0v) is 20.2. The van der Waals surface area contributed by atoms with E-state index in [0.29, 0.717) is 36.2 Å². The van der Waals surface area contributed by atoms with Crippen molar-refractivity contribution in [2.75, 3.05) is 13.2 Å². The standard InChI is InChI=1S/C25H32N2O5S/c1-4-5-14-25(2,3)23(30)27(32-16-13-17-6-9-19(28)10-7-17)15-12-18-8-11-20(29)21-22(18)33-24(31)26-21/h6-11,28-29H,4-5,12-16H2,1-3H3,(H,26,31). The number of aromatic amines is 1. The van der Waals surface area contributed by atoms with Gasteiger partial charge in [-0.15, -0.1) is 0 Å². The molecule has 1 amide bonds. The summed E-state index contributed by atoms with van der Waals surface area (Å²) in [6.45, 7) is 6.64. The van der Waals surface area contributed by atoms with Crippen LogP contribution in [0.2, 0.25) is 0 Å². The number of fused-ring (bicyclic) bond motifs is 1. The molecule has 0 spiro atoms. The molecule has 3 rings (SSSR count). The van der Waals surface area contributed by atoms with E-state index in [0.717, 1.165) is 41.7 Å². The molecule has 0 bridgehead atoms. The minimum atomic E-state index is -0.558. The third kappa shape index (κ3) is 6.36. The first-order chi connectivity index (χ1) is 15.7. The number of hydrogen-bond donors (Lipinski definition) is 3. The first-order valence-electron chi connectivity index (χ1n) is 11.3. The molecule has 8 heteroatoms. The molecule has 0 saturated heterocycles. The third-order valence-electron chi connectivity index (χ3n) is 5.76. The number of aromatic hydroxyl groups is 2. The minimum Gasteiger partial charge on any atom is -0.508 e. The largest absolute Gasteiger partial charge is 0.508 e. The van der Waals surface area contributed by atoms with E-state index in [1.807, 2.05) is 26.0 Å². The molecule has 0 unspecified atom stereocenters. The number of aromatic nitrogens is 1. The zero-order valence-electron chi connectivity index (χ0n) is 19.4. The quantitative estimate of drug-likeness (QED) is 0.349. The van der Waals surface area contributed by atoms with Gasteiger partial charge in [-0.1, -0.05) is 63.1 Å². The van der Waals surface area contributed by atoms with Crippen LogP contribution < -0.4 is 4.87 Å². The molecule has 33 heavy (non-hydrogen) atoms. The van der Waals surface area contributed by atoms with Gasteiger partial charge in [0.15, 0.2) is 0 Å². The van der Waals surface area contributed by atoms with Gasteiger partial charge in [0, 0.05) is 5.41 Å². The molecule has 178 valence electrons. The number of rotatable bonds is 11. The van der Waals surface area contributed by atoms with Crippen molar-refractivity contribution >= 4 is 27.5 Å². The lowest BCUT2D eigenvalue weighted by atomic mass is 9.86. The van der Waals surface area contributed by atoms with E-state index in [1.165, 1.54) is 5.06 Å². The maximum Gasteiger partial charge on any atom is 0.305 e. The Morgan fingerprint density at radius 2 is 1.85 bits per heavy atom. The van der Waals surface area contributed by atoms with E-state index >= 15 is 0 Å². The number of thiazole rings is 1. The van der Waals surface area contributed by atoms with Crippen LogP contribution in [0.15, 0.2) is 41.2 Å². The number of phenolic OH excluding ortho intramolecular Hbond substituents is 2. The van der Waals surface area contributed by atoms with Crippen molar-refractivity contribution in [3.05, 3.63) is 57.2 Å². The molecular formula is C25H32N2O5S. The summed E-state index contributed by atoms with van der Waals surface area (Å²) in [6, 6.07) is 10.3. The lowest BCUT2D eigenvalue weighted by Gasteiger charge is -2.31. The van der Waals surface area contributed by atoms with Crippen molar-refractivity contribution < 1.29 is 19.8 Å². The van der Waals surface area contributed by atoms with Gasteiger partial charge in [-0.25, -0.2) is 5.06 Å². The summed E-state index contributed by atoms with van der Waals surface area (Å²) >= 11 is 1.05. The van der Waals surface area contributed by atoms with Crippen LogP contribution in [0.5, 0.6) is 11.5 Å². The number of carbonyl (C=O) groups excluding carboxylic acids is 1. The van der Waals surface area contributed by atoms with Crippen LogP contribution in [0.3, 0.4) is 0 Å². The highest BCUT2D eigenvalue weighted by Crippen LogP contribution is 2.30. The Bertz CT molecular complexity index is 1130. The maximum absolute atomic E-state index is 13.4. The van der Waals surface area contributed by atoms with E-state index in [2.05, 4.69) is 11.9 Å². The van der Waals surface area contributed by atoms with Crippen molar-refractivity contribution in [1.29, 1.82) is 0 Å². The normalized spacial score (nSPS) is 11.7. The Morgan fingerprint density at radius 3 is 2.55 bits per heavy atom. The van der Waals surface area contributed by atoms with E-state index in [4.69, 9.17) is 4.84 Å². The van der Waals surface area contributed by atoms with Crippen LogP contribution in [0.25, 0.3) is 10.2 Å². The summed E-state index contributed by atoms with van der Waals surface area (Å²) in [7, 11) is 0. The average Bonchev–Trinajstić information content (AvgIpc) is 3.19. The highest BCUT2D eigenvalue weighted by atomic mass is 32.1. The van der Waals surface area contributed by atoms with Crippen molar-refractivity contribution in [3.8, 4) is 11.5 Å². The Kier molecular flexibility index (Phi) is 8.15. The molecule has 0 aliphatic rings. The molecule has 0 aliphatic carbocycles. The first-order valence-corrected chi connectivity index (χ1v) is 12.1. The van der Waals surface area contributed by atoms with Crippen molar-refractivity contribution in [2.24, 2.45) is 5.41 Å². The molecule has 0 saturated carbocycles. The summed E-state index contributed by atoms with van der Waals surface area (Å²) < 4.78 is 0.696. The second-order valence-electron chi connectivity index (χ2n) is 8.86. The summed E-state index contributed by atoms with van der Waals surface area (Å²) in [4.78, 5) is 33.6. The second kappa shape index (κ2) is 10.9. The van der Waals surface area contributed by atoms with Gasteiger partial charge in [-0.05, 0) is 48.6 Å². The van der Waals surface area contributed by atoms with Gasteiger partial charge in [0.1, 0.15) is 17.0 Å². The highest BCUT2D eigenvalue weighted by molar-refractivity contribution is 7.16. The zero-order chi connectivity index (χ0) is 24.0. The molecule has 3 aromatic rings. The van der Waals surface area contributed by atoms with Gasteiger partial charge in [-0.3, -0.25) is 14.4 Å². The molecule has 2 aromatic carbocycles. The van der Waals surface area contributed by atoms with Crippen LogP contribution in [-0.4, -0.2) is 39.3 Å².